The number of nitrogens with one attached hydrogen (secondary N) is 2. The summed E-state index contributed by atoms with van der Waals surface area (Å²) in [5.41, 5.74) is -0.0367. The number of sulfonamides is 1. The van der Waals surface area contributed by atoms with Crippen molar-refractivity contribution < 1.29 is 22.3 Å². The number of halogens is 2. The summed E-state index contributed by atoms with van der Waals surface area (Å²) in [6, 6.07) is 8.86. The first-order chi connectivity index (χ1) is 12.2. The van der Waals surface area contributed by atoms with E-state index in [4.69, 9.17) is 4.74 Å². The quantitative estimate of drug-likeness (QED) is 0.685. The van der Waals surface area contributed by atoms with Gasteiger partial charge < -0.3 is 10.1 Å². The molecular weight excluding hydrogens is 427 g/mol. The fourth-order valence-corrected chi connectivity index (χ4v) is 3.60. The number of rotatable bonds is 7. The summed E-state index contributed by atoms with van der Waals surface area (Å²) in [5.74, 6) is -0.766. The molecule has 1 amide bonds. The minimum Gasteiger partial charge on any atom is -0.494 e. The van der Waals surface area contributed by atoms with E-state index in [0.717, 1.165) is 0 Å². The van der Waals surface area contributed by atoms with Gasteiger partial charge >= 0.3 is 0 Å². The summed E-state index contributed by atoms with van der Waals surface area (Å²) >= 11 is 3.12. The lowest BCUT2D eigenvalue weighted by Gasteiger charge is -2.15. The number of amides is 1. The van der Waals surface area contributed by atoms with Gasteiger partial charge in [-0.3, -0.25) is 4.79 Å². The van der Waals surface area contributed by atoms with Crippen LogP contribution in [0.5, 0.6) is 5.75 Å². The largest absolute Gasteiger partial charge is 0.494 e. The Morgan fingerprint density at radius 3 is 2.46 bits per heavy atom. The molecule has 0 aliphatic heterocycles. The van der Waals surface area contributed by atoms with Crippen molar-refractivity contribution in [1.82, 2.24) is 4.72 Å². The van der Waals surface area contributed by atoms with E-state index in [1.165, 1.54) is 43.3 Å². The summed E-state index contributed by atoms with van der Waals surface area (Å²) in [4.78, 5) is 12.2. The number of anilines is 1. The summed E-state index contributed by atoms with van der Waals surface area (Å²) in [6.45, 7) is 3.66. The van der Waals surface area contributed by atoms with Crippen LogP contribution < -0.4 is 14.8 Å². The molecular formula is C17H18BrFN2O4S. The molecule has 0 saturated heterocycles. The Morgan fingerprint density at radius 2 is 1.88 bits per heavy atom. The van der Waals surface area contributed by atoms with E-state index in [1.54, 1.807) is 6.07 Å². The predicted octanol–water partition coefficient (Wildman–Crippen LogP) is 3.29. The van der Waals surface area contributed by atoms with Crippen LogP contribution in [-0.2, 0) is 14.8 Å². The topological polar surface area (TPSA) is 84.5 Å². The first-order valence-corrected chi connectivity index (χ1v) is 10.0. The lowest BCUT2D eigenvalue weighted by Crippen LogP contribution is -2.41. The molecule has 0 aromatic heterocycles. The zero-order valence-electron chi connectivity index (χ0n) is 14.1. The van der Waals surface area contributed by atoms with E-state index in [1.807, 2.05) is 6.92 Å². The van der Waals surface area contributed by atoms with Gasteiger partial charge in [0.1, 0.15) is 11.6 Å². The summed E-state index contributed by atoms with van der Waals surface area (Å²) in [6.07, 6.45) is 0. The van der Waals surface area contributed by atoms with Crippen molar-refractivity contribution >= 4 is 37.5 Å². The van der Waals surface area contributed by atoms with Crippen LogP contribution in [0, 0.1) is 5.82 Å². The van der Waals surface area contributed by atoms with Crippen molar-refractivity contribution in [3.63, 3.8) is 0 Å². The van der Waals surface area contributed by atoms with E-state index in [-0.39, 0.29) is 10.6 Å². The molecule has 140 valence electrons. The number of hydrogen-bond acceptors (Lipinski definition) is 4. The Labute approximate surface area is 159 Å². The summed E-state index contributed by atoms with van der Waals surface area (Å²) in [7, 11) is -3.91. The third-order valence-electron chi connectivity index (χ3n) is 3.36. The molecule has 2 rings (SSSR count). The first kappa shape index (κ1) is 20.3. The minimum atomic E-state index is -3.91. The van der Waals surface area contributed by atoms with Gasteiger partial charge in [0.15, 0.2) is 0 Å². The number of ether oxygens (including phenoxy) is 1. The Morgan fingerprint density at radius 1 is 1.23 bits per heavy atom. The number of hydrogen-bond donors (Lipinski definition) is 2. The lowest BCUT2D eigenvalue weighted by atomic mass is 10.2. The molecule has 0 unspecified atom stereocenters. The highest BCUT2D eigenvalue weighted by molar-refractivity contribution is 9.10. The smallest absolute Gasteiger partial charge is 0.242 e. The van der Waals surface area contributed by atoms with Crippen LogP contribution >= 0.6 is 15.9 Å². The maximum Gasteiger partial charge on any atom is 0.242 e. The standard InChI is InChI=1S/C17H18BrFN2O4S/c1-3-25-13-5-7-14(8-6-13)26(23,24)21-11(2)17(22)20-16-9-4-12(18)10-15(16)19/h4-11,21H,3H2,1-2H3,(H,20,22)/t11-/m0/s1. The second kappa shape index (κ2) is 8.61. The summed E-state index contributed by atoms with van der Waals surface area (Å²) in [5, 5.41) is 2.36. The average Bonchev–Trinajstić information content (AvgIpc) is 2.57. The normalized spacial score (nSPS) is 12.5. The molecule has 0 aliphatic carbocycles. The van der Waals surface area contributed by atoms with Crippen molar-refractivity contribution in [2.45, 2.75) is 24.8 Å². The highest BCUT2D eigenvalue weighted by atomic mass is 79.9. The molecule has 1 atom stereocenters. The van der Waals surface area contributed by atoms with E-state index in [2.05, 4.69) is 26.0 Å². The zero-order valence-corrected chi connectivity index (χ0v) is 16.5. The van der Waals surface area contributed by atoms with E-state index in [9.17, 15) is 17.6 Å². The van der Waals surface area contributed by atoms with Crippen LogP contribution in [0.3, 0.4) is 0 Å². The molecule has 0 bridgehead atoms. The van der Waals surface area contributed by atoms with Crippen molar-refractivity contribution in [1.29, 1.82) is 0 Å². The molecule has 2 aromatic rings. The van der Waals surface area contributed by atoms with Gasteiger partial charge in [-0.25, -0.2) is 12.8 Å². The predicted molar refractivity (Wildman–Crippen MR) is 100 cm³/mol. The monoisotopic (exact) mass is 444 g/mol. The maximum absolute atomic E-state index is 13.8. The Kier molecular flexibility index (Phi) is 6.74. The summed E-state index contributed by atoms with van der Waals surface area (Å²) < 4.78 is 46.6. The molecule has 6 nitrogen and oxygen atoms in total. The maximum atomic E-state index is 13.8. The van der Waals surface area contributed by atoms with Gasteiger partial charge in [0, 0.05) is 4.47 Å². The van der Waals surface area contributed by atoms with Crippen LogP contribution in [0.1, 0.15) is 13.8 Å². The number of carbonyl (C=O) groups is 1. The Balaban J connectivity index is 2.06. The third kappa shape index (κ3) is 5.26. The van der Waals surface area contributed by atoms with E-state index in [0.29, 0.717) is 16.8 Å². The molecule has 0 aliphatic rings. The van der Waals surface area contributed by atoms with Gasteiger partial charge in [0.2, 0.25) is 15.9 Å². The average molecular weight is 445 g/mol. The van der Waals surface area contributed by atoms with Crippen LogP contribution in [0.25, 0.3) is 0 Å². The SMILES string of the molecule is CCOc1ccc(S(=O)(=O)N[C@@H](C)C(=O)Nc2ccc(Br)cc2F)cc1. The minimum absolute atomic E-state index is 0.00424. The molecule has 0 fully saturated rings. The Hall–Kier alpha value is -1.97. The van der Waals surface area contributed by atoms with Crippen molar-refractivity contribution in [3.8, 4) is 5.75 Å². The van der Waals surface area contributed by atoms with Crippen LogP contribution in [0.15, 0.2) is 51.8 Å². The van der Waals surface area contributed by atoms with E-state index >= 15 is 0 Å². The molecule has 0 saturated carbocycles. The van der Waals surface area contributed by atoms with E-state index < -0.39 is 27.8 Å². The highest BCUT2D eigenvalue weighted by Crippen LogP contribution is 2.20. The fraction of sp³-hybridized carbons (Fsp3) is 0.235. The van der Waals surface area contributed by atoms with Crippen molar-refractivity contribution in [2.75, 3.05) is 11.9 Å². The van der Waals surface area contributed by atoms with Gasteiger partial charge in [-0.1, -0.05) is 15.9 Å². The number of carbonyl (C=O) groups excluding carboxylic acids is 1. The molecule has 2 aromatic carbocycles. The van der Waals surface area contributed by atoms with Crippen LogP contribution in [0.4, 0.5) is 10.1 Å². The Bertz CT molecular complexity index is 888. The zero-order chi connectivity index (χ0) is 19.3. The molecule has 2 N–H and O–H groups in total. The molecule has 9 heteroatoms. The molecule has 0 radical (unpaired) electrons. The molecule has 0 spiro atoms. The molecule has 0 heterocycles. The van der Waals surface area contributed by atoms with Gasteiger partial charge in [-0.05, 0) is 56.3 Å². The highest BCUT2D eigenvalue weighted by Gasteiger charge is 2.22. The lowest BCUT2D eigenvalue weighted by molar-refractivity contribution is -0.117. The van der Waals surface area contributed by atoms with Crippen molar-refractivity contribution in [2.24, 2.45) is 0 Å². The van der Waals surface area contributed by atoms with Crippen LogP contribution in [0.2, 0.25) is 0 Å². The van der Waals surface area contributed by atoms with Gasteiger partial charge in [-0.15, -0.1) is 0 Å². The van der Waals surface area contributed by atoms with Crippen LogP contribution in [-0.4, -0.2) is 27.0 Å². The number of benzene rings is 2. The third-order valence-corrected chi connectivity index (χ3v) is 5.41. The van der Waals surface area contributed by atoms with Crippen molar-refractivity contribution in [3.05, 3.63) is 52.8 Å². The van der Waals surface area contributed by atoms with Gasteiger partial charge in [0.05, 0.1) is 23.2 Å². The second-order valence-corrected chi connectivity index (χ2v) is 7.99. The molecule has 26 heavy (non-hydrogen) atoms. The fourth-order valence-electron chi connectivity index (χ4n) is 2.07. The second-order valence-electron chi connectivity index (χ2n) is 5.36. The van der Waals surface area contributed by atoms with Gasteiger partial charge in [0.25, 0.3) is 0 Å². The van der Waals surface area contributed by atoms with Gasteiger partial charge in [-0.2, -0.15) is 4.72 Å². The first-order valence-electron chi connectivity index (χ1n) is 7.74.